The van der Waals surface area contributed by atoms with Crippen LogP contribution in [-0.2, 0) is 13.1 Å². The highest BCUT2D eigenvalue weighted by atomic mass is 19.1. The second-order valence-corrected chi connectivity index (χ2v) is 7.20. The van der Waals surface area contributed by atoms with E-state index in [0.717, 1.165) is 11.3 Å². The molecule has 2 N–H and O–H groups in total. The highest BCUT2D eigenvalue weighted by Crippen LogP contribution is 2.25. The van der Waals surface area contributed by atoms with Gasteiger partial charge in [0.05, 0.1) is 29.2 Å². The number of rotatable bonds is 6. The number of aromatic nitrogens is 2. The molecule has 2 aromatic heterocycles. The van der Waals surface area contributed by atoms with Crippen molar-refractivity contribution in [3.8, 4) is 5.88 Å². The molecule has 1 aliphatic heterocycles. The summed E-state index contributed by atoms with van der Waals surface area (Å²) in [5, 5.41) is 3.69. The van der Waals surface area contributed by atoms with E-state index in [-0.39, 0.29) is 18.3 Å². The summed E-state index contributed by atoms with van der Waals surface area (Å²) in [7, 11) is 0. The van der Waals surface area contributed by atoms with Gasteiger partial charge in [0.15, 0.2) is 0 Å². The average Bonchev–Trinajstić information content (AvgIpc) is 3.26. The van der Waals surface area contributed by atoms with Gasteiger partial charge in [0.25, 0.3) is 5.91 Å². The molecule has 0 bridgehead atoms. The predicted octanol–water partition coefficient (Wildman–Crippen LogP) is 3.26. The van der Waals surface area contributed by atoms with E-state index in [2.05, 4.69) is 20.1 Å². The van der Waals surface area contributed by atoms with Gasteiger partial charge in [-0.05, 0) is 55.0 Å². The SMILES string of the molecule is C/C(=N/N)C(COc1ccc2c(n1)CN(C(=O)c1cccnc1)C2)=Nc1ccc(F)cc1. The van der Waals surface area contributed by atoms with Crippen molar-refractivity contribution in [2.24, 2.45) is 15.9 Å². The van der Waals surface area contributed by atoms with Crippen LogP contribution in [-0.4, -0.2) is 38.8 Å². The number of ether oxygens (including phenoxy) is 1. The molecule has 3 heterocycles. The molecule has 1 aliphatic rings. The molecule has 3 aromatic rings. The van der Waals surface area contributed by atoms with Gasteiger partial charge in [0.1, 0.15) is 18.1 Å². The maximum Gasteiger partial charge on any atom is 0.256 e. The number of nitrogens with zero attached hydrogens (tertiary/aromatic N) is 5. The van der Waals surface area contributed by atoms with E-state index in [0.29, 0.717) is 41.6 Å². The van der Waals surface area contributed by atoms with Crippen molar-refractivity contribution < 1.29 is 13.9 Å². The van der Waals surface area contributed by atoms with Gasteiger partial charge in [-0.25, -0.2) is 14.4 Å². The molecule has 162 valence electrons. The van der Waals surface area contributed by atoms with Crippen molar-refractivity contribution >= 4 is 23.0 Å². The molecule has 1 aromatic carbocycles. The second-order valence-electron chi connectivity index (χ2n) is 7.20. The number of nitrogens with two attached hydrogens (primary N) is 1. The Morgan fingerprint density at radius 2 is 2.00 bits per heavy atom. The number of pyridine rings is 2. The lowest BCUT2D eigenvalue weighted by Gasteiger charge is -2.14. The first kappa shape index (κ1) is 21.1. The smallest absolute Gasteiger partial charge is 0.256 e. The molecular formula is C23H21FN6O2. The van der Waals surface area contributed by atoms with Crippen molar-refractivity contribution in [2.45, 2.75) is 20.0 Å². The normalized spacial score (nSPS) is 13.8. The zero-order valence-electron chi connectivity index (χ0n) is 17.4. The average molecular weight is 432 g/mol. The number of carbonyl (C=O) groups excluding carboxylic acids is 1. The van der Waals surface area contributed by atoms with Crippen LogP contribution in [0.15, 0.2) is 71.0 Å². The zero-order chi connectivity index (χ0) is 22.5. The van der Waals surface area contributed by atoms with Gasteiger partial charge in [0.2, 0.25) is 5.88 Å². The maximum absolute atomic E-state index is 13.1. The number of benzene rings is 1. The van der Waals surface area contributed by atoms with Gasteiger partial charge in [-0.2, -0.15) is 5.10 Å². The van der Waals surface area contributed by atoms with Crippen LogP contribution in [0.25, 0.3) is 0 Å². The van der Waals surface area contributed by atoms with Crippen LogP contribution < -0.4 is 10.6 Å². The molecule has 1 amide bonds. The first-order valence-corrected chi connectivity index (χ1v) is 9.92. The van der Waals surface area contributed by atoms with Crippen LogP contribution >= 0.6 is 0 Å². The van der Waals surface area contributed by atoms with Crippen LogP contribution in [0, 0.1) is 5.82 Å². The molecule has 0 saturated carbocycles. The molecule has 0 radical (unpaired) electrons. The third-order valence-corrected chi connectivity index (χ3v) is 5.00. The number of aliphatic imine (C=N–C) groups is 1. The highest BCUT2D eigenvalue weighted by Gasteiger charge is 2.26. The molecule has 8 nitrogen and oxygen atoms in total. The summed E-state index contributed by atoms with van der Waals surface area (Å²) in [6, 6.07) is 12.9. The van der Waals surface area contributed by atoms with Crippen molar-refractivity contribution in [1.29, 1.82) is 0 Å². The zero-order valence-corrected chi connectivity index (χ0v) is 17.4. The second kappa shape index (κ2) is 9.34. The van der Waals surface area contributed by atoms with Crippen molar-refractivity contribution in [3.63, 3.8) is 0 Å². The Kier molecular flexibility index (Phi) is 6.16. The van der Waals surface area contributed by atoms with Crippen LogP contribution in [0.4, 0.5) is 10.1 Å². The van der Waals surface area contributed by atoms with Crippen molar-refractivity contribution in [2.75, 3.05) is 6.61 Å². The fraction of sp³-hybridized carbons (Fsp3) is 0.174. The Morgan fingerprint density at radius 3 is 2.72 bits per heavy atom. The molecule has 0 spiro atoms. The minimum absolute atomic E-state index is 0.0774. The molecule has 0 atom stereocenters. The van der Waals surface area contributed by atoms with Crippen LogP contribution in [0.3, 0.4) is 0 Å². The minimum atomic E-state index is -0.343. The number of fused-ring (bicyclic) bond motifs is 1. The first-order valence-electron chi connectivity index (χ1n) is 9.92. The van der Waals surface area contributed by atoms with Gasteiger partial charge in [-0.3, -0.25) is 9.78 Å². The predicted molar refractivity (Wildman–Crippen MR) is 118 cm³/mol. The van der Waals surface area contributed by atoms with E-state index >= 15 is 0 Å². The summed E-state index contributed by atoms with van der Waals surface area (Å²) < 4.78 is 19.0. The quantitative estimate of drug-likeness (QED) is 0.366. The van der Waals surface area contributed by atoms with E-state index < -0.39 is 0 Å². The molecular weight excluding hydrogens is 411 g/mol. The summed E-state index contributed by atoms with van der Waals surface area (Å²) in [6.07, 6.45) is 3.18. The summed E-state index contributed by atoms with van der Waals surface area (Å²) >= 11 is 0. The van der Waals surface area contributed by atoms with E-state index in [1.54, 1.807) is 54.5 Å². The Labute approximate surface area is 184 Å². The lowest BCUT2D eigenvalue weighted by Crippen LogP contribution is -2.25. The summed E-state index contributed by atoms with van der Waals surface area (Å²) in [5.74, 6) is 5.38. The molecule has 9 heteroatoms. The topological polar surface area (TPSA) is 106 Å². The van der Waals surface area contributed by atoms with Crippen LogP contribution in [0.5, 0.6) is 5.88 Å². The Hall–Kier alpha value is -4.14. The van der Waals surface area contributed by atoms with E-state index in [1.807, 2.05) is 6.07 Å². The lowest BCUT2D eigenvalue weighted by molar-refractivity contribution is 0.0750. The number of hydrogen-bond donors (Lipinski definition) is 1. The van der Waals surface area contributed by atoms with E-state index in [1.165, 1.54) is 12.1 Å². The minimum Gasteiger partial charge on any atom is -0.471 e. The van der Waals surface area contributed by atoms with E-state index in [4.69, 9.17) is 10.6 Å². The van der Waals surface area contributed by atoms with Gasteiger partial charge in [-0.1, -0.05) is 0 Å². The lowest BCUT2D eigenvalue weighted by atomic mass is 10.2. The van der Waals surface area contributed by atoms with Crippen molar-refractivity contribution in [3.05, 3.63) is 83.6 Å². The summed E-state index contributed by atoms with van der Waals surface area (Å²) in [5.41, 5.74) is 3.82. The number of carbonyl (C=O) groups is 1. The Bertz CT molecular complexity index is 1180. The molecule has 4 rings (SSSR count). The standard InChI is InChI=1S/C23H21FN6O2/c1-15(29-25)21(27-19-7-5-18(24)6-8-19)14-32-22-9-4-17-12-30(13-20(17)28-22)23(31)16-3-2-10-26-11-16/h2-11H,12-14,25H2,1H3/b27-21?,29-15-. The molecule has 0 unspecified atom stereocenters. The molecule has 0 fully saturated rings. The summed E-state index contributed by atoms with van der Waals surface area (Å²) in [4.78, 5) is 27.4. The van der Waals surface area contributed by atoms with Crippen LogP contribution in [0.1, 0.15) is 28.5 Å². The van der Waals surface area contributed by atoms with Crippen molar-refractivity contribution in [1.82, 2.24) is 14.9 Å². The number of hydrazone groups is 1. The van der Waals surface area contributed by atoms with Gasteiger partial charge < -0.3 is 15.5 Å². The molecule has 0 saturated heterocycles. The Balaban J connectivity index is 1.46. The third kappa shape index (κ3) is 4.77. The largest absolute Gasteiger partial charge is 0.471 e. The highest BCUT2D eigenvalue weighted by molar-refractivity contribution is 6.42. The number of amides is 1. The summed E-state index contributed by atoms with van der Waals surface area (Å²) in [6.45, 7) is 2.66. The number of hydrogen-bond acceptors (Lipinski definition) is 7. The molecule has 32 heavy (non-hydrogen) atoms. The van der Waals surface area contributed by atoms with E-state index in [9.17, 15) is 9.18 Å². The molecule has 0 aliphatic carbocycles. The van der Waals surface area contributed by atoms with Crippen LogP contribution in [0.2, 0.25) is 0 Å². The van der Waals surface area contributed by atoms with Gasteiger partial charge >= 0.3 is 0 Å². The van der Waals surface area contributed by atoms with Gasteiger partial charge in [0, 0.05) is 25.0 Å². The monoisotopic (exact) mass is 432 g/mol. The fourth-order valence-corrected chi connectivity index (χ4v) is 3.24. The first-order chi connectivity index (χ1) is 15.5. The Morgan fingerprint density at radius 1 is 1.19 bits per heavy atom. The number of halogens is 1. The fourth-order valence-electron chi connectivity index (χ4n) is 3.24. The van der Waals surface area contributed by atoms with Gasteiger partial charge in [-0.15, -0.1) is 0 Å². The third-order valence-electron chi connectivity index (χ3n) is 5.00. The maximum atomic E-state index is 13.1.